The summed E-state index contributed by atoms with van der Waals surface area (Å²) >= 11 is 0. The van der Waals surface area contributed by atoms with Crippen molar-refractivity contribution in [1.29, 1.82) is 0 Å². The van der Waals surface area contributed by atoms with E-state index in [1.54, 1.807) is 12.3 Å². The molecule has 1 aliphatic heterocycles. The molecule has 1 aromatic heterocycles. The lowest BCUT2D eigenvalue weighted by atomic mass is 10.0. The molecule has 1 saturated heterocycles. The first-order chi connectivity index (χ1) is 10.7. The Kier molecular flexibility index (Phi) is 5.63. The maximum absolute atomic E-state index is 12.1. The SMILES string of the molecule is CCCCC(=O)C(=CN)c1nccc(CC2CCNC2=O)n1. The Balaban J connectivity index is 2.12. The van der Waals surface area contributed by atoms with Gasteiger partial charge >= 0.3 is 0 Å². The Hall–Kier alpha value is -2.24. The number of ketones is 1. The smallest absolute Gasteiger partial charge is 0.223 e. The Morgan fingerprint density at radius 1 is 1.55 bits per heavy atom. The van der Waals surface area contributed by atoms with Crippen LogP contribution < -0.4 is 11.1 Å². The second-order valence-corrected chi connectivity index (χ2v) is 5.46. The van der Waals surface area contributed by atoms with E-state index in [0.717, 1.165) is 25.0 Å². The molecular formula is C16H22N4O2. The van der Waals surface area contributed by atoms with Crippen LogP contribution in [0.25, 0.3) is 5.57 Å². The van der Waals surface area contributed by atoms with Crippen molar-refractivity contribution >= 4 is 17.3 Å². The molecule has 0 radical (unpaired) electrons. The van der Waals surface area contributed by atoms with Crippen molar-refractivity contribution in [2.24, 2.45) is 11.7 Å². The number of allylic oxidation sites excluding steroid dienone is 1. The van der Waals surface area contributed by atoms with Crippen molar-refractivity contribution in [1.82, 2.24) is 15.3 Å². The maximum atomic E-state index is 12.1. The molecule has 1 amide bonds. The third-order valence-corrected chi connectivity index (χ3v) is 3.80. The minimum atomic E-state index is -0.0520. The predicted molar refractivity (Wildman–Crippen MR) is 83.5 cm³/mol. The van der Waals surface area contributed by atoms with E-state index >= 15 is 0 Å². The van der Waals surface area contributed by atoms with E-state index in [0.29, 0.717) is 30.8 Å². The van der Waals surface area contributed by atoms with E-state index in [-0.39, 0.29) is 17.6 Å². The number of carbonyl (C=O) groups is 2. The number of nitrogens with one attached hydrogen (secondary N) is 1. The van der Waals surface area contributed by atoms with E-state index in [1.165, 1.54) is 6.20 Å². The maximum Gasteiger partial charge on any atom is 0.223 e. The van der Waals surface area contributed by atoms with Crippen LogP contribution in [0.15, 0.2) is 18.5 Å². The summed E-state index contributed by atoms with van der Waals surface area (Å²) in [5.74, 6) is 0.317. The zero-order chi connectivity index (χ0) is 15.9. The zero-order valence-electron chi connectivity index (χ0n) is 12.8. The third kappa shape index (κ3) is 3.90. The number of hydrogen-bond acceptors (Lipinski definition) is 5. The van der Waals surface area contributed by atoms with Crippen molar-refractivity contribution in [3.63, 3.8) is 0 Å². The van der Waals surface area contributed by atoms with Crippen LogP contribution in [0, 0.1) is 5.92 Å². The summed E-state index contributed by atoms with van der Waals surface area (Å²) in [7, 11) is 0. The monoisotopic (exact) mass is 302 g/mol. The van der Waals surface area contributed by atoms with Crippen molar-refractivity contribution in [2.45, 2.75) is 39.0 Å². The van der Waals surface area contributed by atoms with Gasteiger partial charge in [-0.1, -0.05) is 13.3 Å². The predicted octanol–water partition coefficient (Wildman–Crippen LogP) is 1.21. The quantitative estimate of drug-likeness (QED) is 0.738. The zero-order valence-corrected chi connectivity index (χ0v) is 12.8. The molecule has 22 heavy (non-hydrogen) atoms. The van der Waals surface area contributed by atoms with Crippen LogP contribution in [0.4, 0.5) is 0 Å². The highest BCUT2D eigenvalue weighted by atomic mass is 16.2. The van der Waals surface area contributed by atoms with Gasteiger partial charge in [0.1, 0.15) is 0 Å². The van der Waals surface area contributed by atoms with Crippen molar-refractivity contribution in [2.75, 3.05) is 6.54 Å². The molecule has 1 aliphatic rings. The fourth-order valence-electron chi connectivity index (χ4n) is 2.50. The molecule has 1 unspecified atom stereocenters. The molecule has 1 fully saturated rings. The van der Waals surface area contributed by atoms with Gasteiger partial charge in [0, 0.05) is 43.4 Å². The van der Waals surface area contributed by atoms with Gasteiger partial charge in [0.05, 0.1) is 5.57 Å². The summed E-state index contributed by atoms with van der Waals surface area (Å²) in [6.45, 7) is 2.74. The van der Waals surface area contributed by atoms with E-state index in [4.69, 9.17) is 5.73 Å². The summed E-state index contributed by atoms with van der Waals surface area (Å²) in [6, 6.07) is 1.78. The van der Waals surface area contributed by atoms with Crippen LogP contribution in [-0.4, -0.2) is 28.2 Å². The number of nitrogens with zero attached hydrogens (tertiary/aromatic N) is 2. The van der Waals surface area contributed by atoms with Gasteiger partial charge in [0.25, 0.3) is 0 Å². The highest BCUT2D eigenvalue weighted by molar-refractivity contribution is 6.19. The summed E-state index contributed by atoms with van der Waals surface area (Å²) in [4.78, 5) is 32.4. The van der Waals surface area contributed by atoms with E-state index < -0.39 is 0 Å². The Morgan fingerprint density at radius 2 is 2.36 bits per heavy atom. The summed E-state index contributed by atoms with van der Waals surface area (Å²) in [5, 5.41) is 2.81. The summed E-state index contributed by atoms with van der Waals surface area (Å²) < 4.78 is 0. The lowest BCUT2D eigenvalue weighted by Gasteiger charge is -2.09. The molecule has 1 atom stereocenters. The van der Waals surface area contributed by atoms with Gasteiger partial charge in [0.15, 0.2) is 11.6 Å². The standard InChI is InChI=1S/C16H22N4O2/c1-2-3-4-14(21)13(10-17)15-18-8-6-12(20-15)9-11-5-7-19-16(11)22/h6,8,10-11H,2-5,7,9,17H2,1H3,(H,19,22). The largest absolute Gasteiger partial charge is 0.404 e. The van der Waals surface area contributed by atoms with Crippen LogP contribution in [0.5, 0.6) is 0 Å². The van der Waals surface area contributed by atoms with Crippen LogP contribution >= 0.6 is 0 Å². The Labute approximate surface area is 130 Å². The molecule has 0 aromatic carbocycles. The highest BCUT2D eigenvalue weighted by Crippen LogP contribution is 2.18. The number of nitrogens with two attached hydrogens (primary N) is 1. The van der Waals surface area contributed by atoms with Gasteiger partial charge in [-0.3, -0.25) is 9.59 Å². The minimum absolute atomic E-state index is 0.0416. The summed E-state index contributed by atoms with van der Waals surface area (Å²) in [5.41, 5.74) is 6.70. The number of hydrogen-bond donors (Lipinski definition) is 2. The minimum Gasteiger partial charge on any atom is -0.404 e. The topological polar surface area (TPSA) is 98.0 Å². The Bertz CT molecular complexity index is 583. The van der Waals surface area contributed by atoms with Crippen molar-refractivity contribution < 1.29 is 9.59 Å². The molecule has 2 rings (SSSR count). The van der Waals surface area contributed by atoms with E-state index in [2.05, 4.69) is 15.3 Å². The molecule has 0 saturated carbocycles. The number of aromatic nitrogens is 2. The van der Waals surface area contributed by atoms with Gasteiger partial charge in [-0.15, -0.1) is 0 Å². The number of rotatable bonds is 7. The van der Waals surface area contributed by atoms with Crippen LogP contribution in [0.3, 0.4) is 0 Å². The van der Waals surface area contributed by atoms with E-state index in [1.807, 2.05) is 6.92 Å². The molecule has 2 heterocycles. The molecule has 0 aliphatic carbocycles. The van der Waals surface area contributed by atoms with Crippen LogP contribution in [0.2, 0.25) is 0 Å². The fourth-order valence-corrected chi connectivity index (χ4v) is 2.50. The summed E-state index contributed by atoms with van der Waals surface area (Å²) in [6.07, 6.45) is 6.47. The van der Waals surface area contributed by atoms with Gasteiger partial charge < -0.3 is 11.1 Å². The molecule has 6 nitrogen and oxygen atoms in total. The van der Waals surface area contributed by atoms with Gasteiger partial charge in [-0.25, -0.2) is 9.97 Å². The molecule has 0 bridgehead atoms. The second-order valence-electron chi connectivity index (χ2n) is 5.46. The number of unbranched alkanes of at least 4 members (excludes halogenated alkanes) is 1. The van der Waals surface area contributed by atoms with Crippen molar-refractivity contribution in [3.05, 3.63) is 30.0 Å². The number of carbonyl (C=O) groups excluding carboxylic acids is 2. The van der Waals surface area contributed by atoms with Crippen LogP contribution in [0.1, 0.15) is 44.1 Å². The molecule has 0 spiro atoms. The first-order valence-electron chi connectivity index (χ1n) is 7.70. The molecule has 118 valence electrons. The van der Waals surface area contributed by atoms with Gasteiger partial charge in [0.2, 0.25) is 5.91 Å². The highest BCUT2D eigenvalue weighted by Gasteiger charge is 2.25. The lowest BCUT2D eigenvalue weighted by molar-refractivity contribution is -0.122. The molecule has 6 heteroatoms. The average Bonchev–Trinajstić information content (AvgIpc) is 2.91. The molecular weight excluding hydrogens is 280 g/mol. The number of Topliss-reactive ketones (excluding diaryl/α,β-unsaturated/α-hetero) is 1. The third-order valence-electron chi connectivity index (χ3n) is 3.80. The first kappa shape index (κ1) is 16.1. The first-order valence-corrected chi connectivity index (χ1v) is 7.70. The fraction of sp³-hybridized carbons (Fsp3) is 0.500. The molecule has 3 N–H and O–H groups in total. The van der Waals surface area contributed by atoms with Gasteiger partial charge in [-0.05, 0) is 18.9 Å². The molecule has 1 aromatic rings. The van der Waals surface area contributed by atoms with Gasteiger partial charge in [-0.2, -0.15) is 0 Å². The number of amides is 1. The van der Waals surface area contributed by atoms with Crippen LogP contribution in [-0.2, 0) is 16.0 Å². The Morgan fingerprint density at radius 3 is 3.00 bits per heavy atom. The lowest BCUT2D eigenvalue weighted by Crippen LogP contribution is -2.21. The van der Waals surface area contributed by atoms with Crippen molar-refractivity contribution in [3.8, 4) is 0 Å². The average molecular weight is 302 g/mol. The normalized spacial score (nSPS) is 18.3. The second kappa shape index (κ2) is 7.68. The van der Waals surface area contributed by atoms with E-state index in [9.17, 15) is 9.59 Å².